The number of nitrogens with one attached hydrogen (secondary N) is 2. The maximum Gasteiger partial charge on any atom is 0.318 e. The van der Waals surface area contributed by atoms with Gasteiger partial charge in [0.15, 0.2) is 0 Å². The van der Waals surface area contributed by atoms with E-state index in [1.807, 2.05) is 30.3 Å². The first-order valence-electron chi connectivity index (χ1n) is 7.16. The Morgan fingerprint density at radius 2 is 2.00 bits per heavy atom. The Bertz CT molecular complexity index is 465. The zero-order valence-corrected chi connectivity index (χ0v) is 11.9. The van der Waals surface area contributed by atoms with Gasteiger partial charge in [0.1, 0.15) is 5.75 Å². The first-order chi connectivity index (χ1) is 9.79. The van der Waals surface area contributed by atoms with Crippen LogP contribution in [0, 0.1) is 0 Å². The Morgan fingerprint density at radius 3 is 2.75 bits per heavy atom. The number of carbonyl (C=O) groups excluding carboxylic acids is 1. The van der Waals surface area contributed by atoms with Gasteiger partial charge in [-0.05, 0) is 25.0 Å². The van der Waals surface area contributed by atoms with E-state index in [0.29, 0.717) is 6.04 Å². The van der Waals surface area contributed by atoms with Gasteiger partial charge < -0.3 is 15.4 Å². The molecule has 2 amide bonds. The van der Waals surface area contributed by atoms with Crippen molar-refractivity contribution in [2.75, 3.05) is 7.11 Å². The van der Waals surface area contributed by atoms with E-state index < -0.39 is 0 Å². The molecule has 0 radical (unpaired) electrons. The minimum atomic E-state index is -0.136. The van der Waals surface area contributed by atoms with Crippen molar-refractivity contribution in [2.24, 2.45) is 0 Å². The van der Waals surface area contributed by atoms with Crippen LogP contribution in [-0.2, 0) is 0 Å². The van der Waals surface area contributed by atoms with Crippen LogP contribution in [0.4, 0.5) is 4.79 Å². The molecule has 1 aromatic rings. The lowest BCUT2D eigenvalue weighted by atomic mass is 9.96. The van der Waals surface area contributed by atoms with Crippen molar-refractivity contribution in [3.63, 3.8) is 0 Å². The maximum atomic E-state index is 11.8. The predicted molar refractivity (Wildman–Crippen MR) is 80.6 cm³/mol. The molecule has 0 heterocycles. The maximum absolute atomic E-state index is 11.8. The molecule has 20 heavy (non-hydrogen) atoms. The molecule has 1 aliphatic rings. The molecule has 0 bridgehead atoms. The van der Waals surface area contributed by atoms with E-state index in [0.717, 1.165) is 24.2 Å². The summed E-state index contributed by atoms with van der Waals surface area (Å²) < 4.78 is 5.24. The molecular formula is C16H22N2O2. The molecule has 1 saturated carbocycles. The van der Waals surface area contributed by atoms with Gasteiger partial charge in [-0.15, -0.1) is 0 Å². The van der Waals surface area contributed by atoms with Crippen LogP contribution in [0.2, 0.25) is 0 Å². The number of hydrogen-bond acceptors (Lipinski definition) is 2. The van der Waals surface area contributed by atoms with Crippen LogP contribution in [0.1, 0.15) is 37.7 Å². The first-order valence-corrected chi connectivity index (χ1v) is 7.16. The minimum absolute atomic E-state index is 0.136. The van der Waals surface area contributed by atoms with Crippen LogP contribution in [0.3, 0.4) is 0 Å². The van der Waals surface area contributed by atoms with Crippen molar-refractivity contribution in [1.29, 1.82) is 0 Å². The molecular weight excluding hydrogens is 252 g/mol. The highest BCUT2D eigenvalue weighted by Crippen LogP contribution is 2.18. The second-order valence-electron chi connectivity index (χ2n) is 5.03. The van der Waals surface area contributed by atoms with Crippen molar-refractivity contribution < 1.29 is 9.53 Å². The van der Waals surface area contributed by atoms with Crippen LogP contribution >= 0.6 is 0 Å². The zero-order chi connectivity index (χ0) is 14.2. The number of hydrogen-bond donors (Lipinski definition) is 2. The quantitative estimate of drug-likeness (QED) is 0.885. The van der Waals surface area contributed by atoms with Gasteiger partial charge in [-0.3, -0.25) is 0 Å². The highest BCUT2D eigenvalue weighted by Gasteiger charge is 2.14. The molecule has 108 valence electrons. The second-order valence-corrected chi connectivity index (χ2v) is 5.03. The molecule has 1 aromatic carbocycles. The molecule has 0 atom stereocenters. The standard InChI is InChI=1S/C16H22N2O2/c1-20-15-10-6-5-7-13(15)11-12-17-16(19)18-14-8-3-2-4-9-14/h5-7,10-12,14H,2-4,8-9H2,1H3,(H2,17,18,19)/b12-11+. The third kappa shape index (κ3) is 4.30. The van der Waals surface area contributed by atoms with Crippen molar-refractivity contribution >= 4 is 12.1 Å². The Kier molecular flexibility index (Phi) is 5.47. The monoisotopic (exact) mass is 274 g/mol. The normalized spacial score (nSPS) is 16.1. The van der Waals surface area contributed by atoms with Crippen molar-refractivity contribution in [2.45, 2.75) is 38.1 Å². The van der Waals surface area contributed by atoms with Crippen LogP contribution < -0.4 is 15.4 Å². The largest absolute Gasteiger partial charge is 0.496 e. The van der Waals surface area contributed by atoms with Gasteiger partial charge >= 0.3 is 6.03 Å². The molecule has 1 fully saturated rings. The Balaban J connectivity index is 1.81. The van der Waals surface area contributed by atoms with Crippen molar-refractivity contribution in [3.05, 3.63) is 36.0 Å². The second kappa shape index (κ2) is 7.58. The van der Waals surface area contributed by atoms with E-state index in [-0.39, 0.29) is 6.03 Å². The Labute approximate surface area is 120 Å². The highest BCUT2D eigenvalue weighted by molar-refractivity contribution is 5.76. The molecule has 0 saturated heterocycles. The van der Waals surface area contributed by atoms with Crippen LogP contribution in [-0.4, -0.2) is 19.2 Å². The van der Waals surface area contributed by atoms with E-state index in [4.69, 9.17) is 4.74 Å². The zero-order valence-electron chi connectivity index (χ0n) is 11.9. The Morgan fingerprint density at radius 1 is 1.25 bits per heavy atom. The van der Waals surface area contributed by atoms with E-state index in [2.05, 4.69) is 10.6 Å². The smallest absolute Gasteiger partial charge is 0.318 e. The van der Waals surface area contributed by atoms with E-state index in [1.54, 1.807) is 13.3 Å². The van der Waals surface area contributed by atoms with E-state index in [9.17, 15) is 4.79 Å². The molecule has 0 aliphatic heterocycles. The summed E-state index contributed by atoms with van der Waals surface area (Å²) in [6.07, 6.45) is 9.36. The third-order valence-corrected chi connectivity index (χ3v) is 3.56. The highest BCUT2D eigenvalue weighted by atomic mass is 16.5. The molecule has 4 nitrogen and oxygen atoms in total. The molecule has 0 spiro atoms. The molecule has 1 aliphatic carbocycles. The van der Waals surface area contributed by atoms with Gasteiger partial charge in [-0.1, -0.05) is 37.5 Å². The number of urea groups is 1. The third-order valence-electron chi connectivity index (χ3n) is 3.56. The molecule has 4 heteroatoms. The Hall–Kier alpha value is -1.97. The predicted octanol–water partition coefficient (Wildman–Crippen LogP) is 3.30. The average molecular weight is 274 g/mol. The van der Waals surface area contributed by atoms with Crippen molar-refractivity contribution in [1.82, 2.24) is 10.6 Å². The van der Waals surface area contributed by atoms with Gasteiger partial charge in [-0.25, -0.2) is 4.79 Å². The van der Waals surface area contributed by atoms with Crippen LogP contribution in [0.25, 0.3) is 6.08 Å². The van der Waals surface area contributed by atoms with E-state index >= 15 is 0 Å². The van der Waals surface area contributed by atoms with Crippen molar-refractivity contribution in [3.8, 4) is 5.75 Å². The molecule has 0 aromatic heterocycles. The number of benzene rings is 1. The fourth-order valence-corrected chi connectivity index (χ4v) is 2.49. The van der Waals surface area contributed by atoms with Gasteiger partial charge in [0, 0.05) is 17.8 Å². The molecule has 2 N–H and O–H groups in total. The van der Waals surface area contributed by atoms with Gasteiger partial charge in [0.2, 0.25) is 0 Å². The fourth-order valence-electron chi connectivity index (χ4n) is 2.49. The van der Waals surface area contributed by atoms with E-state index in [1.165, 1.54) is 19.3 Å². The lowest BCUT2D eigenvalue weighted by Gasteiger charge is -2.22. The summed E-state index contributed by atoms with van der Waals surface area (Å²) in [5, 5.41) is 5.74. The first kappa shape index (κ1) is 14.4. The summed E-state index contributed by atoms with van der Waals surface area (Å²) in [4.78, 5) is 11.8. The van der Waals surface area contributed by atoms with Gasteiger partial charge in [0.05, 0.1) is 7.11 Å². The minimum Gasteiger partial charge on any atom is -0.496 e. The average Bonchev–Trinajstić information content (AvgIpc) is 2.49. The summed E-state index contributed by atoms with van der Waals surface area (Å²) in [6.45, 7) is 0. The summed E-state index contributed by atoms with van der Waals surface area (Å²) in [5.74, 6) is 0.790. The number of ether oxygens (including phenoxy) is 1. The number of methoxy groups -OCH3 is 1. The van der Waals surface area contributed by atoms with Crippen LogP contribution in [0.5, 0.6) is 5.75 Å². The lowest BCUT2D eigenvalue weighted by molar-refractivity contribution is 0.236. The number of carbonyl (C=O) groups is 1. The lowest BCUT2D eigenvalue weighted by Crippen LogP contribution is -2.40. The topological polar surface area (TPSA) is 50.4 Å². The summed E-state index contributed by atoms with van der Waals surface area (Å²) >= 11 is 0. The fraction of sp³-hybridized carbons (Fsp3) is 0.438. The van der Waals surface area contributed by atoms with Crippen LogP contribution in [0.15, 0.2) is 30.5 Å². The summed E-state index contributed by atoms with van der Waals surface area (Å²) in [5.41, 5.74) is 0.938. The molecule has 2 rings (SSSR count). The number of rotatable bonds is 4. The number of amides is 2. The summed E-state index contributed by atoms with van der Waals surface area (Å²) in [6, 6.07) is 7.87. The number of para-hydroxylation sites is 1. The van der Waals surface area contributed by atoms with Gasteiger partial charge in [0.25, 0.3) is 0 Å². The van der Waals surface area contributed by atoms with Gasteiger partial charge in [-0.2, -0.15) is 0 Å². The molecule has 0 unspecified atom stereocenters. The summed E-state index contributed by atoms with van der Waals surface area (Å²) in [7, 11) is 1.63. The SMILES string of the molecule is COc1ccccc1/C=C/NC(=O)NC1CCCCC1.